The van der Waals surface area contributed by atoms with Gasteiger partial charge in [0.25, 0.3) is 0 Å². The van der Waals surface area contributed by atoms with Gasteiger partial charge in [-0.1, -0.05) is 126 Å². The molecule has 5 aliphatic rings. The largest absolute Gasteiger partial charge is 0.378 e. The van der Waals surface area contributed by atoms with Crippen LogP contribution in [-0.2, 0) is 18.9 Å². The van der Waals surface area contributed by atoms with E-state index in [2.05, 4.69) is 107 Å². The predicted molar refractivity (Wildman–Crippen MR) is 244 cm³/mol. The van der Waals surface area contributed by atoms with E-state index in [0.29, 0.717) is 23.7 Å². The maximum absolute atomic E-state index is 12.6. The van der Waals surface area contributed by atoms with Gasteiger partial charge in [-0.3, -0.25) is 0 Å². The predicted octanol–water partition coefficient (Wildman–Crippen LogP) is 15.0. The van der Waals surface area contributed by atoms with Crippen LogP contribution in [0, 0.1) is 69.0 Å². The van der Waals surface area contributed by atoms with Crippen molar-refractivity contribution in [1.29, 1.82) is 0 Å². The zero-order valence-electron chi connectivity index (χ0n) is 39.4. The van der Waals surface area contributed by atoms with Gasteiger partial charge in [0, 0.05) is 19.1 Å². The number of rotatable bonds is 0. The third kappa shape index (κ3) is 28.9. The van der Waals surface area contributed by atoms with Crippen LogP contribution in [0.25, 0.3) is 0 Å². The molecule has 0 bridgehead atoms. The molecule has 57 heavy (non-hydrogen) atoms. The quantitative estimate of drug-likeness (QED) is 0.249. The van der Waals surface area contributed by atoms with Crippen molar-refractivity contribution in [3.05, 3.63) is 82.2 Å². The van der Waals surface area contributed by atoms with Crippen molar-refractivity contribution in [3.8, 4) is 0 Å². The Kier molecular flexibility index (Phi) is 28.7. The highest BCUT2D eigenvalue weighted by Crippen LogP contribution is 2.27. The van der Waals surface area contributed by atoms with Crippen LogP contribution < -0.4 is 0 Å². The molecule has 0 aromatic heterocycles. The summed E-state index contributed by atoms with van der Waals surface area (Å²) in [5, 5.41) is 0. The minimum Gasteiger partial charge on any atom is -0.378 e. The third-order valence-corrected chi connectivity index (χ3v) is 11.4. The first-order valence-corrected chi connectivity index (χ1v) is 22.8. The van der Waals surface area contributed by atoms with E-state index in [4.69, 9.17) is 18.9 Å². The van der Waals surface area contributed by atoms with Crippen LogP contribution in [0.5, 0.6) is 0 Å². The fraction of sp³-hybridized carbons (Fsp3) is 0.731. The summed E-state index contributed by atoms with van der Waals surface area (Å²) in [6, 6.07) is 13.7. The first-order chi connectivity index (χ1) is 26.9. The van der Waals surface area contributed by atoms with Gasteiger partial charge in [-0.05, 0) is 147 Å². The molecule has 1 saturated carbocycles. The maximum Gasteiger partial charge on any atom is 0.154 e. The number of allylic oxidation sites excluding steroid dienone is 2. The van der Waals surface area contributed by atoms with E-state index in [1.54, 1.807) is 18.6 Å². The molecule has 0 N–H and O–H groups in total. The van der Waals surface area contributed by atoms with Crippen molar-refractivity contribution >= 4 is 0 Å². The Morgan fingerprint density at radius 3 is 1.14 bits per heavy atom. The van der Waals surface area contributed by atoms with E-state index < -0.39 is 0 Å². The minimum atomic E-state index is -0.116. The molecule has 0 radical (unpaired) electrons. The van der Waals surface area contributed by atoms with Crippen LogP contribution in [0.15, 0.2) is 54.1 Å². The Balaban J connectivity index is 0.000000333. The van der Waals surface area contributed by atoms with Crippen LogP contribution in [0.2, 0.25) is 0 Å². The molecule has 0 spiro atoms. The van der Waals surface area contributed by atoms with E-state index in [9.17, 15) is 4.39 Å². The second-order valence-electron chi connectivity index (χ2n) is 18.7. The number of benzene rings is 2. The summed E-state index contributed by atoms with van der Waals surface area (Å²) >= 11 is 0. The Hall–Kier alpha value is -2.05. The number of hydrogen-bond donors (Lipinski definition) is 0. The van der Waals surface area contributed by atoms with Gasteiger partial charge in [0.1, 0.15) is 5.82 Å². The lowest BCUT2D eigenvalue weighted by atomic mass is 9.84. The summed E-state index contributed by atoms with van der Waals surface area (Å²) in [5.41, 5.74) is 5.92. The lowest BCUT2D eigenvalue weighted by molar-refractivity contribution is -0.187. The molecular formula is C52H89FO4. The molecule has 7 rings (SSSR count). The van der Waals surface area contributed by atoms with Crippen LogP contribution in [0.1, 0.15) is 162 Å². The van der Waals surface area contributed by atoms with Crippen molar-refractivity contribution in [2.24, 2.45) is 35.5 Å². The van der Waals surface area contributed by atoms with Crippen LogP contribution in [-0.4, -0.2) is 44.9 Å². The normalized spacial score (nSPS) is 29.3. The highest BCUT2D eigenvalue weighted by atomic mass is 19.1. The van der Waals surface area contributed by atoms with Gasteiger partial charge in [-0.15, -0.1) is 0 Å². The smallest absolute Gasteiger partial charge is 0.154 e. The summed E-state index contributed by atoms with van der Waals surface area (Å²) in [5.74, 6) is 5.04. The topological polar surface area (TPSA) is 36.9 Å². The molecule has 4 fully saturated rings. The molecular weight excluding hydrogens is 708 g/mol. The second-order valence-corrected chi connectivity index (χ2v) is 18.7. The summed E-state index contributed by atoms with van der Waals surface area (Å²) in [6.07, 6.45) is 18.6. The van der Waals surface area contributed by atoms with E-state index in [1.807, 2.05) is 19.9 Å². The number of halogens is 1. The minimum absolute atomic E-state index is 0.0196. The average Bonchev–Trinajstić information content (AvgIpc) is 3.19. The van der Waals surface area contributed by atoms with Crippen molar-refractivity contribution in [1.82, 2.24) is 0 Å². The van der Waals surface area contributed by atoms with Gasteiger partial charge < -0.3 is 18.9 Å². The molecule has 328 valence electrons. The molecule has 2 aliphatic carbocycles. The first kappa shape index (κ1) is 53.0. The molecule has 2 aromatic carbocycles. The Labute approximate surface area is 352 Å². The highest BCUT2D eigenvalue weighted by molar-refractivity contribution is 5.21. The van der Waals surface area contributed by atoms with E-state index >= 15 is 0 Å². The van der Waals surface area contributed by atoms with E-state index in [-0.39, 0.29) is 12.1 Å². The SMILES string of the molecule is CC1=CCC(C)CC1.CC1CCC(C)CC1.CC1CCC(C)OC1.CC1CCC(C)OC1.CC1COC(C)OC1.Cc1ccc(C)c(F)c1.Cc1ccc(C)cc1. The summed E-state index contributed by atoms with van der Waals surface area (Å²) in [6.45, 7) is 33.6. The number of ether oxygens (including phenoxy) is 4. The third-order valence-electron chi connectivity index (χ3n) is 11.4. The molecule has 5 heteroatoms. The molecule has 3 heterocycles. The van der Waals surface area contributed by atoms with Crippen LogP contribution in [0.4, 0.5) is 4.39 Å². The molecule has 0 amide bonds. The second kappa shape index (κ2) is 30.9. The fourth-order valence-electron chi connectivity index (χ4n) is 6.58. The maximum atomic E-state index is 12.6. The standard InChI is InChI=1S/C8H9F.C8H16.C8H14.C8H10.2C7H14O.C6H12O2/c1-6-3-4-7(2)8(9)5-6;3*1-7-3-5-8(2)6-4-7;2*1-6-3-4-7(2)8-5-6;1-5-3-7-6(2)8-4-5/h3-5H,1-2H3;7-8H,3-6H2,1-2H3;3,8H,4-6H2,1-2H3;3-6H,1-2H3;2*6-7H,3-5H2,1-2H3;5-6H,3-4H2,1-2H3. The molecule has 3 saturated heterocycles. The van der Waals surface area contributed by atoms with Crippen molar-refractivity contribution in [2.75, 3.05) is 26.4 Å². The molecule has 2 aromatic rings. The van der Waals surface area contributed by atoms with Gasteiger partial charge in [-0.25, -0.2) is 4.39 Å². The summed E-state index contributed by atoms with van der Waals surface area (Å²) in [7, 11) is 0. The first-order valence-electron chi connectivity index (χ1n) is 22.8. The molecule has 5 atom stereocenters. The summed E-state index contributed by atoms with van der Waals surface area (Å²) < 4.78 is 33.7. The summed E-state index contributed by atoms with van der Waals surface area (Å²) in [4.78, 5) is 0. The Morgan fingerprint density at radius 1 is 0.439 bits per heavy atom. The highest BCUT2D eigenvalue weighted by Gasteiger charge is 2.15. The van der Waals surface area contributed by atoms with Gasteiger partial charge in [0.15, 0.2) is 6.29 Å². The van der Waals surface area contributed by atoms with Gasteiger partial charge >= 0.3 is 0 Å². The lowest BCUT2D eigenvalue weighted by Gasteiger charge is -2.24. The fourth-order valence-corrected chi connectivity index (χ4v) is 6.58. The number of hydrogen-bond acceptors (Lipinski definition) is 4. The molecule has 3 aliphatic heterocycles. The molecule has 4 nitrogen and oxygen atoms in total. The van der Waals surface area contributed by atoms with E-state index in [1.165, 1.54) is 87.8 Å². The Morgan fingerprint density at radius 2 is 0.842 bits per heavy atom. The van der Waals surface area contributed by atoms with E-state index in [0.717, 1.165) is 61.6 Å². The van der Waals surface area contributed by atoms with Crippen molar-refractivity contribution in [2.45, 2.75) is 186 Å². The monoisotopic (exact) mass is 797 g/mol. The van der Waals surface area contributed by atoms with Gasteiger partial charge in [0.2, 0.25) is 0 Å². The average molecular weight is 797 g/mol. The van der Waals surface area contributed by atoms with Gasteiger partial charge in [-0.2, -0.15) is 0 Å². The Bertz CT molecular complexity index is 1130. The van der Waals surface area contributed by atoms with Crippen molar-refractivity contribution in [3.63, 3.8) is 0 Å². The zero-order chi connectivity index (χ0) is 42.8. The van der Waals surface area contributed by atoms with Crippen LogP contribution in [0.3, 0.4) is 0 Å². The van der Waals surface area contributed by atoms with Crippen molar-refractivity contribution < 1.29 is 23.3 Å². The lowest BCUT2D eigenvalue weighted by Crippen LogP contribution is -2.27. The number of aryl methyl sites for hydroxylation is 4. The van der Waals surface area contributed by atoms with Gasteiger partial charge in [0.05, 0.1) is 25.4 Å². The van der Waals surface area contributed by atoms with Crippen LogP contribution >= 0.6 is 0 Å². The molecule has 5 unspecified atom stereocenters. The zero-order valence-corrected chi connectivity index (χ0v) is 39.4.